The van der Waals surface area contributed by atoms with Gasteiger partial charge in [-0.05, 0) is 54.8 Å². The number of anilines is 2. The van der Waals surface area contributed by atoms with Crippen LogP contribution in [0.15, 0.2) is 71.6 Å². The zero-order chi connectivity index (χ0) is 23.8. The number of hydrogen-bond donors (Lipinski definition) is 1. The van der Waals surface area contributed by atoms with E-state index in [4.69, 9.17) is 11.6 Å². The summed E-state index contributed by atoms with van der Waals surface area (Å²) in [5.41, 5.74) is 2.59. The number of carbonyl (C=O) groups is 2. The molecule has 3 aromatic rings. The Morgan fingerprint density at radius 3 is 2.42 bits per heavy atom. The first-order valence-corrected chi connectivity index (χ1v) is 12.0. The Balaban J connectivity index is 1.69. The Morgan fingerprint density at radius 2 is 1.67 bits per heavy atom. The lowest BCUT2D eigenvalue weighted by Crippen LogP contribution is -2.53. The molecule has 0 radical (unpaired) electrons. The van der Waals surface area contributed by atoms with Crippen LogP contribution in [0.2, 0.25) is 5.02 Å². The third-order valence-corrected chi connectivity index (χ3v) is 7.50. The Hall–Kier alpha value is -3.36. The first kappa shape index (κ1) is 22.8. The number of aryl methyl sites for hydroxylation is 2. The predicted molar refractivity (Wildman–Crippen MR) is 128 cm³/mol. The summed E-state index contributed by atoms with van der Waals surface area (Å²) in [6, 6.07) is 17.7. The lowest BCUT2D eigenvalue weighted by molar-refractivity contribution is -0.119. The Kier molecular flexibility index (Phi) is 6.14. The summed E-state index contributed by atoms with van der Waals surface area (Å²) in [6.45, 7) is 3.38. The summed E-state index contributed by atoms with van der Waals surface area (Å²) in [5.74, 6) is -0.446. The standard InChI is InChI=1S/C24H22ClN3O4S/c1-16-11-12-17(2)21(13-16)28-24(30)27(20-9-5-6-10-22(20)33(28,31)32)15-23(29)26-14-18-7-3-4-8-19(18)25/h3-13H,14-15H2,1-2H3,(H,26,29). The van der Waals surface area contributed by atoms with Crippen LogP contribution in [0, 0.1) is 13.8 Å². The van der Waals surface area contributed by atoms with E-state index < -0.39 is 22.0 Å². The minimum Gasteiger partial charge on any atom is -0.350 e. The van der Waals surface area contributed by atoms with Crippen LogP contribution in [0.1, 0.15) is 16.7 Å². The van der Waals surface area contributed by atoms with Gasteiger partial charge in [-0.1, -0.05) is 54.1 Å². The van der Waals surface area contributed by atoms with Gasteiger partial charge in [-0.2, -0.15) is 4.31 Å². The monoisotopic (exact) mass is 483 g/mol. The van der Waals surface area contributed by atoms with Crippen LogP contribution >= 0.6 is 11.6 Å². The third-order valence-electron chi connectivity index (χ3n) is 5.40. The minimum absolute atomic E-state index is 0.0376. The fraction of sp³-hybridized carbons (Fsp3) is 0.167. The molecule has 0 saturated carbocycles. The van der Waals surface area contributed by atoms with E-state index in [0.717, 1.165) is 15.4 Å². The number of para-hydroxylation sites is 1. The average Bonchev–Trinajstić information content (AvgIpc) is 2.78. The number of urea groups is 1. The second-order valence-electron chi connectivity index (χ2n) is 7.76. The maximum absolute atomic E-state index is 13.5. The molecule has 3 amide bonds. The van der Waals surface area contributed by atoms with Crippen LogP contribution in [-0.2, 0) is 21.4 Å². The molecule has 1 aliphatic rings. The van der Waals surface area contributed by atoms with Crippen molar-refractivity contribution in [1.82, 2.24) is 5.32 Å². The molecule has 0 atom stereocenters. The van der Waals surface area contributed by atoms with Gasteiger partial charge in [-0.3, -0.25) is 9.69 Å². The number of fused-ring (bicyclic) bond motifs is 1. The van der Waals surface area contributed by atoms with Crippen LogP contribution in [0.5, 0.6) is 0 Å². The molecule has 1 N–H and O–H groups in total. The summed E-state index contributed by atoms with van der Waals surface area (Å²) < 4.78 is 27.6. The number of nitrogens with one attached hydrogen (secondary N) is 1. The van der Waals surface area contributed by atoms with Crippen LogP contribution in [0.4, 0.5) is 16.2 Å². The molecule has 0 unspecified atom stereocenters. The van der Waals surface area contributed by atoms with Crippen LogP contribution in [-0.4, -0.2) is 26.9 Å². The van der Waals surface area contributed by atoms with Crippen molar-refractivity contribution in [2.45, 2.75) is 25.3 Å². The van der Waals surface area contributed by atoms with Crippen LogP contribution < -0.4 is 14.5 Å². The average molecular weight is 484 g/mol. The van der Waals surface area contributed by atoms with E-state index >= 15 is 0 Å². The highest BCUT2D eigenvalue weighted by Gasteiger charge is 2.43. The van der Waals surface area contributed by atoms with E-state index in [2.05, 4.69) is 5.32 Å². The largest absolute Gasteiger partial charge is 0.350 e. The maximum Gasteiger partial charge on any atom is 0.343 e. The molecule has 1 aliphatic heterocycles. The summed E-state index contributed by atoms with van der Waals surface area (Å²) in [5, 5.41) is 3.27. The van der Waals surface area contributed by atoms with Gasteiger partial charge < -0.3 is 5.32 Å². The molecule has 0 saturated heterocycles. The molecule has 33 heavy (non-hydrogen) atoms. The molecule has 0 fully saturated rings. The number of nitrogens with zero attached hydrogens (tertiary/aromatic N) is 2. The number of sulfonamides is 1. The Labute approximate surface area is 197 Å². The van der Waals surface area contributed by atoms with E-state index in [0.29, 0.717) is 10.6 Å². The molecule has 0 aliphatic carbocycles. The number of amides is 3. The van der Waals surface area contributed by atoms with Crippen molar-refractivity contribution in [2.24, 2.45) is 0 Å². The van der Waals surface area contributed by atoms with Crippen molar-refractivity contribution < 1.29 is 18.0 Å². The molecule has 0 bridgehead atoms. The third kappa shape index (κ3) is 4.31. The fourth-order valence-corrected chi connectivity index (χ4v) is 5.52. The first-order chi connectivity index (χ1) is 15.7. The van der Waals surface area contributed by atoms with E-state index in [1.165, 1.54) is 17.0 Å². The van der Waals surface area contributed by atoms with Gasteiger partial charge >= 0.3 is 6.03 Å². The highest BCUT2D eigenvalue weighted by atomic mass is 35.5. The second-order valence-corrected chi connectivity index (χ2v) is 9.93. The van der Waals surface area contributed by atoms with Gasteiger partial charge in [0.15, 0.2) is 0 Å². The Morgan fingerprint density at radius 1 is 0.970 bits per heavy atom. The van der Waals surface area contributed by atoms with Gasteiger partial charge in [0.2, 0.25) is 5.91 Å². The minimum atomic E-state index is -4.16. The molecule has 0 aromatic heterocycles. The smallest absolute Gasteiger partial charge is 0.343 e. The van der Waals surface area contributed by atoms with Crippen LogP contribution in [0.25, 0.3) is 0 Å². The van der Waals surface area contributed by atoms with Crippen molar-refractivity contribution in [1.29, 1.82) is 0 Å². The number of halogens is 1. The van der Waals surface area contributed by atoms with Crippen molar-refractivity contribution in [3.63, 3.8) is 0 Å². The SMILES string of the molecule is Cc1ccc(C)c(N2C(=O)N(CC(=O)NCc3ccccc3Cl)c3ccccc3S2(=O)=O)c1. The normalized spacial score (nSPS) is 14.7. The lowest BCUT2D eigenvalue weighted by Gasteiger charge is -2.36. The summed E-state index contributed by atoms with van der Waals surface area (Å²) >= 11 is 6.15. The summed E-state index contributed by atoms with van der Waals surface area (Å²) in [6.07, 6.45) is 0. The predicted octanol–water partition coefficient (Wildman–Crippen LogP) is 4.41. The zero-order valence-electron chi connectivity index (χ0n) is 18.1. The number of hydrogen-bond acceptors (Lipinski definition) is 4. The molecule has 7 nitrogen and oxygen atoms in total. The van der Waals surface area contributed by atoms with Gasteiger partial charge in [-0.25, -0.2) is 13.2 Å². The van der Waals surface area contributed by atoms with Crippen molar-refractivity contribution in [2.75, 3.05) is 15.7 Å². The molecular weight excluding hydrogens is 462 g/mol. The summed E-state index contributed by atoms with van der Waals surface area (Å²) in [4.78, 5) is 27.4. The molecule has 0 spiro atoms. The van der Waals surface area contributed by atoms with Gasteiger partial charge in [0.25, 0.3) is 10.0 Å². The number of benzene rings is 3. The highest BCUT2D eigenvalue weighted by Crippen LogP contribution is 2.38. The van der Waals surface area contributed by atoms with Gasteiger partial charge in [0.05, 0.1) is 11.4 Å². The highest BCUT2D eigenvalue weighted by molar-refractivity contribution is 7.94. The first-order valence-electron chi connectivity index (χ1n) is 10.2. The second kappa shape index (κ2) is 8.88. The molecule has 1 heterocycles. The molecule has 4 rings (SSSR count). The molecular formula is C24H22ClN3O4S. The molecule has 170 valence electrons. The van der Waals surface area contributed by atoms with Crippen molar-refractivity contribution in [3.8, 4) is 0 Å². The Bertz CT molecular complexity index is 1360. The topological polar surface area (TPSA) is 86.8 Å². The fourth-order valence-electron chi connectivity index (χ4n) is 3.67. The number of rotatable bonds is 5. The maximum atomic E-state index is 13.5. The van der Waals surface area contributed by atoms with Crippen LogP contribution in [0.3, 0.4) is 0 Å². The summed E-state index contributed by atoms with van der Waals surface area (Å²) in [7, 11) is -4.16. The van der Waals surface area contributed by atoms with E-state index in [1.54, 1.807) is 49.4 Å². The zero-order valence-corrected chi connectivity index (χ0v) is 19.7. The van der Waals surface area contributed by atoms with Gasteiger partial charge in [0, 0.05) is 11.6 Å². The van der Waals surface area contributed by atoms with E-state index in [1.807, 2.05) is 19.1 Å². The van der Waals surface area contributed by atoms with Crippen molar-refractivity contribution >= 4 is 44.9 Å². The molecule has 9 heteroatoms. The van der Waals surface area contributed by atoms with E-state index in [-0.39, 0.29) is 29.4 Å². The van der Waals surface area contributed by atoms with Gasteiger partial charge in [-0.15, -0.1) is 0 Å². The number of carbonyl (C=O) groups excluding carboxylic acids is 2. The van der Waals surface area contributed by atoms with Crippen molar-refractivity contribution in [3.05, 3.63) is 88.4 Å². The van der Waals surface area contributed by atoms with Gasteiger partial charge in [0.1, 0.15) is 11.4 Å². The van der Waals surface area contributed by atoms with E-state index in [9.17, 15) is 18.0 Å². The lowest BCUT2D eigenvalue weighted by atomic mass is 10.1. The quantitative estimate of drug-likeness (QED) is 0.582. The molecule has 3 aromatic carbocycles.